The minimum absolute atomic E-state index is 0.142. The highest BCUT2D eigenvalue weighted by atomic mass is 32.1. The minimum atomic E-state index is -0.541. The molecule has 0 saturated carbocycles. The van der Waals surface area contributed by atoms with Crippen LogP contribution in [0.5, 0.6) is 5.75 Å². The van der Waals surface area contributed by atoms with Crippen LogP contribution in [0, 0.1) is 0 Å². The molecule has 27 heavy (non-hydrogen) atoms. The summed E-state index contributed by atoms with van der Waals surface area (Å²) in [5.41, 5.74) is 0.376. The molecule has 2 heterocycles. The summed E-state index contributed by atoms with van der Waals surface area (Å²) in [6, 6.07) is 6.87. The van der Waals surface area contributed by atoms with Crippen LogP contribution in [0.2, 0.25) is 0 Å². The Hall–Kier alpha value is -2.41. The minimum Gasteiger partial charge on any atom is -0.497 e. The van der Waals surface area contributed by atoms with E-state index in [-0.39, 0.29) is 17.9 Å². The van der Waals surface area contributed by atoms with Gasteiger partial charge in [-0.2, -0.15) is 0 Å². The molecule has 0 bridgehead atoms. The number of carbonyl (C=O) groups excluding carboxylic acids is 2. The second-order valence-electron chi connectivity index (χ2n) is 7.46. The van der Waals surface area contributed by atoms with E-state index in [1.165, 1.54) is 11.3 Å². The van der Waals surface area contributed by atoms with Crippen LogP contribution in [0.1, 0.15) is 60.7 Å². The van der Waals surface area contributed by atoms with Gasteiger partial charge in [0.05, 0.1) is 13.2 Å². The SMILES string of the molecule is COc1cccc(C(=O)c2csc(C3CCCN3C(=O)OC(C)(C)C)n2)c1. The van der Waals surface area contributed by atoms with Crippen molar-refractivity contribution in [2.75, 3.05) is 13.7 Å². The average Bonchev–Trinajstić information content (AvgIpc) is 3.28. The number of ketones is 1. The molecule has 3 rings (SSSR count). The number of thiazole rings is 1. The van der Waals surface area contributed by atoms with E-state index in [2.05, 4.69) is 4.98 Å². The zero-order valence-electron chi connectivity index (χ0n) is 16.0. The van der Waals surface area contributed by atoms with E-state index in [4.69, 9.17) is 9.47 Å². The third-order valence-corrected chi connectivity index (χ3v) is 5.20. The maximum absolute atomic E-state index is 12.7. The number of benzene rings is 1. The zero-order valence-corrected chi connectivity index (χ0v) is 16.8. The van der Waals surface area contributed by atoms with Gasteiger partial charge in [-0.05, 0) is 45.7 Å². The molecule has 0 radical (unpaired) electrons. The maximum Gasteiger partial charge on any atom is 0.410 e. The highest BCUT2D eigenvalue weighted by molar-refractivity contribution is 7.10. The lowest BCUT2D eigenvalue weighted by atomic mass is 10.1. The number of nitrogens with zero attached hydrogens (tertiary/aromatic N) is 2. The van der Waals surface area contributed by atoms with Crippen molar-refractivity contribution in [3.8, 4) is 5.75 Å². The quantitative estimate of drug-likeness (QED) is 0.724. The Balaban J connectivity index is 1.78. The predicted molar refractivity (Wildman–Crippen MR) is 103 cm³/mol. The summed E-state index contributed by atoms with van der Waals surface area (Å²) in [6.07, 6.45) is 1.38. The van der Waals surface area contributed by atoms with Gasteiger partial charge in [-0.15, -0.1) is 11.3 Å². The van der Waals surface area contributed by atoms with Gasteiger partial charge < -0.3 is 9.47 Å². The third-order valence-electron chi connectivity index (χ3n) is 4.25. The molecule has 0 N–H and O–H groups in total. The van der Waals surface area contributed by atoms with Gasteiger partial charge >= 0.3 is 6.09 Å². The number of rotatable bonds is 4. The standard InChI is InChI=1S/C20H24N2O4S/c1-20(2,3)26-19(24)22-10-6-9-16(22)18-21-15(12-27-18)17(23)13-7-5-8-14(11-13)25-4/h5,7-8,11-12,16H,6,9-10H2,1-4H3. The van der Waals surface area contributed by atoms with Gasteiger partial charge in [0.15, 0.2) is 0 Å². The van der Waals surface area contributed by atoms with Crippen LogP contribution in [0.15, 0.2) is 29.6 Å². The normalized spacial score (nSPS) is 17.0. The van der Waals surface area contributed by atoms with Crippen molar-refractivity contribution in [2.24, 2.45) is 0 Å². The molecule has 1 atom stereocenters. The maximum atomic E-state index is 12.7. The Morgan fingerprint density at radius 1 is 1.30 bits per heavy atom. The van der Waals surface area contributed by atoms with Gasteiger partial charge in [-0.3, -0.25) is 9.69 Å². The topological polar surface area (TPSA) is 68.7 Å². The molecule has 1 unspecified atom stereocenters. The van der Waals surface area contributed by atoms with E-state index in [1.807, 2.05) is 20.8 Å². The molecule has 6 nitrogen and oxygen atoms in total. The second-order valence-corrected chi connectivity index (χ2v) is 8.35. The molecule has 1 fully saturated rings. The zero-order chi connectivity index (χ0) is 19.6. The lowest BCUT2D eigenvalue weighted by Gasteiger charge is -2.27. The molecule has 1 aromatic heterocycles. The Kier molecular flexibility index (Phi) is 5.51. The molecule has 7 heteroatoms. The van der Waals surface area contributed by atoms with E-state index in [9.17, 15) is 9.59 Å². The van der Waals surface area contributed by atoms with E-state index in [0.29, 0.717) is 23.6 Å². The van der Waals surface area contributed by atoms with E-state index in [1.54, 1.807) is 41.7 Å². The summed E-state index contributed by atoms with van der Waals surface area (Å²) in [5, 5.41) is 2.52. The number of aromatic nitrogens is 1. The Morgan fingerprint density at radius 3 is 2.78 bits per heavy atom. The largest absolute Gasteiger partial charge is 0.497 e. The smallest absolute Gasteiger partial charge is 0.410 e. The molecule has 1 amide bonds. The first-order valence-electron chi connectivity index (χ1n) is 8.92. The molecule has 1 saturated heterocycles. The first kappa shape index (κ1) is 19.4. The molecule has 0 aliphatic carbocycles. The fourth-order valence-electron chi connectivity index (χ4n) is 3.02. The third kappa shape index (κ3) is 4.47. The summed E-state index contributed by atoms with van der Waals surface area (Å²) in [5.74, 6) is 0.474. The molecule has 1 aromatic carbocycles. The average molecular weight is 388 g/mol. The Bertz CT molecular complexity index is 841. The second kappa shape index (κ2) is 7.68. The molecule has 144 valence electrons. The number of methoxy groups -OCH3 is 1. The number of carbonyl (C=O) groups is 2. The van der Waals surface area contributed by atoms with Gasteiger partial charge in [0.1, 0.15) is 22.1 Å². The van der Waals surface area contributed by atoms with E-state index < -0.39 is 5.60 Å². The van der Waals surface area contributed by atoms with Crippen LogP contribution in [0.4, 0.5) is 4.79 Å². The van der Waals surface area contributed by atoms with Gasteiger partial charge in [0, 0.05) is 17.5 Å². The molecule has 1 aliphatic rings. The van der Waals surface area contributed by atoms with Gasteiger partial charge in [0.2, 0.25) is 5.78 Å². The van der Waals surface area contributed by atoms with Crippen molar-refractivity contribution in [1.29, 1.82) is 0 Å². The van der Waals surface area contributed by atoms with Crippen LogP contribution in [0.3, 0.4) is 0 Å². The van der Waals surface area contributed by atoms with Crippen molar-refractivity contribution in [3.05, 3.63) is 45.9 Å². The number of ether oxygens (including phenoxy) is 2. The Morgan fingerprint density at radius 2 is 2.07 bits per heavy atom. The summed E-state index contributed by atoms with van der Waals surface area (Å²) in [7, 11) is 1.57. The van der Waals surface area contributed by atoms with Crippen molar-refractivity contribution in [2.45, 2.75) is 45.3 Å². The van der Waals surface area contributed by atoms with Crippen molar-refractivity contribution in [1.82, 2.24) is 9.88 Å². The lowest BCUT2D eigenvalue weighted by molar-refractivity contribution is 0.0224. The van der Waals surface area contributed by atoms with E-state index in [0.717, 1.165) is 17.8 Å². The lowest BCUT2D eigenvalue weighted by Crippen LogP contribution is -2.36. The van der Waals surface area contributed by atoms with Crippen molar-refractivity contribution < 1.29 is 19.1 Å². The molecule has 2 aromatic rings. The fraction of sp³-hybridized carbons (Fsp3) is 0.450. The monoisotopic (exact) mass is 388 g/mol. The first-order valence-corrected chi connectivity index (χ1v) is 9.80. The molecule has 1 aliphatic heterocycles. The highest BCUT2D eigenvalue weighted by Crippen LogP contribution is 2.35. The molecular weight excluding hydrogens is 364 g/mol. The summed E-state index contributed by atoms with van der Waals surface area (Å²) >= 11 is 1.41. The van der Waals surface area contributed by atoms with Crippen LogP contribution >= 0.6 is 11.3 Å². The predicted octanol–water partition coefficient (Wildman–Crippen LogP) is 4.45. The van der Waals surface area contributed by atoms with Crippen molar-refractivity contribution >= 4 is 23.2 Å². The van der Waals surface area contributed by atoms with Gasteiger partial charge in [0.25, 0.3) is 0 Å². The number of amides is 1. The van der Waals surface area contributed by atoms with E-state index >= 15 is 0 Å². The summed E-state index contributed by atoms with van der Waals surface area (Å²) < 4.78 is 10.7. The van der Waals surface area contributed by atoms with Gasteiger partial charge in [-0.1, -0.05) is 12.1 Å². The number of hydrogen-bond donors (Lipinski definition) is 0. The van der Waals surface area contributed by atoms with Gasteiger partial charge in [-0.25, -0.2) is 9.78 Å². The number of hydrogen-bond acceptors (Lipinski definition) is 6. The highest BCUT2D eigenvalue weighted by Gasteiger charge is 2.35. The van der Waals surface area contributed by atoms with Crippen LogP contribution in [-0.4, -0.2) is 41.0 Å². The Labute approximate surface area is 163 Å². The molecular formula is C20H24N2O4S. The van der Waals surface area contributed by atoms with Crippen LogP contribution in [-0.2, 0) is 4.74 Å². The first-order chi connectivity index (χ1) is 12.8. The summed E-state index contributed by atoms with van der Waals surface area (Å²) in [4.78, 5) is 31.5. The van der Waals surface area contributed by atoms with Crippen LogP contribution in [0.25, 0.3) is 0 Å². The fourth-order valence-corrected chi connectivity index (χ4v) is 3.97. The van der Waals surface area contributed by atoms with Crippen LogP contribution < -0.4 is 4.74 Å². The molecule has 0 spiro atoms. The summed E-state index contributed by atoms with van der Waals surface area (Å²) in [6.45, 7) is 6.19. The van der Waals surface area contributed by atoms with Crippen molar-refractivity contribution in [3.63, 3.8) is 0 Å². The number of likely N-dealkylation sites (tertiary alicyclic amines) is 1.